The van der Waals surface area contributed by atoms with E-state index in [1.54, 1.807) is 7.11 Å². The molecule has 0 bridgehead atoms. The zero-order chi connectivity index (χ0) is 12.7. The third-order valence-corrected chi connectivity index (χ3v) is 2.29. The van der Waals surface area contributed by atoms with Crippen LogP contribution >= 0.6 is 0 Å². The van der Waals surface area contributed by atoms with E-state index in [0.29, 0.717) is 6.54 Å². The lowest BCUT2D eigenvalue weighted by molar-refractivity contribution is -0.145. The molecule has 1 N–H and O–H groups in total. The molecule has 1 atom stereocenters. The number of hydrogen-bond acceptors (Lipinski definition) is 4. The molecule has 17 heavy (non-hydrogen) atoms. The average Bonchev–Trinajstić information content (AvgIpc) is 2.29. The Hall–Kier alpha value is -1.55. The van der Waals surface area contributed by atoms with E-state index in [1.807, 2.05) is 31.2 Å². The molecule has 0 heterocycles. The maximum Gasteiger partial charge on any atom is 0.302 e. The molecule has 1 rings (SSSR count). The highest BCUT2D eigenvalue weighted by atomic mass is 16.5. The quantitative estimate of drug-likeness (QED) is 0.765. The summed E-state index contributed by atoms with van der Waals surface area (Å²) >= 11 is 0. The van der Waals surface area contributed by atoms with Crippen LogP contribution in [0.2, 0.25) is 0 Å². The molecule has 0 fully saturated rings. The second-order valence-electron chi connectivity index (χ2n) is 3.90. The van der Waals surface area contributed by atoms with Crippen molar-refractivity contribution in [2.75, 3.05) is 13.7 Å². The van der Waals surface area contributed by atoms with Crippen molar-refractivity contribution in [3.05, 3.63) is 29.8 Å². The van der Waals surface area contributed by atoms with Crippen LogP contribution < -0.4 is 10.1 Å². The smallest absolute Gasteiger partial charge is 0.302 e. The van der Waals surface area contributed by atoms with E-state index in [0.717, 1.165) is 12.3 Å². The molecule has 1 unspecified atom stereocenters. The van der Waals surface area contributed by atoms with Crippen LogP contribution in [0.5, 0.6) is 5.75 Å². The van der Waals surface area contributed by atoms with Crippen molar-refractivity contribution in [3.63, 3.8) is 0 Å². The normalized spacial score (nSPS) is 11.9. The van der Waals surface area contributed by atoms with Crippen molar-refractivity contribution in [2.24, 2.45) is 0 Å². The number of ether oxygens (including phenoxy) is 2. The van der Waals surface area contributed by atoms with Gasteiger partial charge in [0.2, 0.25) is 0 Å². The number of esters is 1. The molecule has 4 nitrogen and oxygen atoms in total. The average molecular weight is 237 g/mol. The summed E-state index contributed by atoms with van der Waals surface area (Å²) in [4.78, 5) is 10.7. The predicted octanol–water partition coefficient (Wildman–Crippen LogP) is 1.74. The maximum absolute atomic E-state index is 10.7. The van der Waals surface area contributed by atoms with Crippen LogP contribution in [0.3, 0.4) is 0 Å². The lowest BCUT2D eigenvalue weighted by Gasteiger charge is -2.12. The van der Waals surface area contributed by atoms with Crippen molar-refractivity contribution >= 4 is 5.97 Å². The van der Waals surface area contributed by atoms with Crippen LogP contribution in [0.1, 0.15) is 19.4 Å². The molecule has 0 amide bonds. The SMILES string of the molecule is COc1ccc(CNCC(C)OC(C)=O)cc1. The molecule has 1 aromatic carbocycles. The number of hydrogen-bond donors (Lipinski definition) is 1. The monoisotopic (exact) mass is 237 g/mol. The first-order valence-corrected chi connectivity index (χ1v) is 5.62. The third kappa shape index (κ3) is 5.36. The number of carbonyl (C=O) groups is 1. The van der Waals surface area contributed by atoms with Crippen LogP contribution in [0.15, 0.2) is 24.3 Å². The number of carbonyl (C=O) groups excluding carboxylic acids is 1. The van der Waals surface area contributed by atoms with Gasteiger partial charge in [-0.1, -0.05) is 12.1 Å². The summed E-state index contributed by atoms with van der Waals surface area (Å²) in [6.45, 7) is 4.67. The Morgan fingerprint density at radius 3 is 2.53 bits per heavy atom. The highest BCUT2D eigenvalue weighted by Crippen LogP contribution is 2.10. The fourth-order valence-electron chi connectivity index (χ4n) is 1.49. The minimum absolute atomic E-state index is 0.106. The summed E-state index contributed by atoms with van der Waals surface area (Å²) in [5.74, 6) is 0.603. The van der Waals surface area contributed by atoms with Crippen molar-refractivity contribution in [2.45, 2.75) is 26.5 Å². The molecule has 0 aromatic heterocycles. The van der Waals surface area contributed by atoms with Crippen LogP contribution in [-0.4, -0.2) is 25.7 Å². The minimum Gasteiger partial charge on any atom is -0.497 e. The van der Waals surface area contributed by atoms with Crippen LogP contribution in [0, 0.1) is 0 Å². The number of benzene rings is 1. The molecule has 0 saturated heterocycles. The van der Waals surface area contributed by atoms with Crippen molar-refractivity contribution in [1.29, 1.82) is 0 Å². The largest absolute Gasteiger partial charge is 0.497 e. The van der Waals surface area contributed by atoms with E-state index < -0.39 is 0 Å². The first-order chi connectivity index (χ1) is 8.11. The van der Waals surface area contributed by atoms with Gasteiger partial charge in [-0.25, -0.2) is 0 Å². The van der Waals surface area contributed by atoms with E-state index >= 15 is 0 Å². The van der Waals surface area contributed by atoms with Crippen molar-refractivity contribution in [3.8, 4) is 5.75 Å². The van der Waals surface area contributed by atoms with E-state index in [-0.39, 0.29) is 12.1 Å². The zero-order valence-corrected chi connectivity index (χ0v) is 10.5. The molecule has 0 aliphatic rings. The van der Waals surface area contributed by atoms with Gasteiger partial charge in [0.25, 0.3) is 0 Å². The van der Waals surface area contributed by atoms with Gasteiger partial charge >= 0.3 is 5.97 Å². The van der Waals surface area contributed by atoms with Gasteiger partial charge in [0.1, 0.15) is 11.9 Å². The first kappa shape index (κ1) is 13.5. The van der Waals surface area contributed by atoms with Gasteiger partial charge in [0.15, 0.2) is 0 Å². The lowest BCUT2D eigenvalue weighted by Crippen LogP contribution is -2.27. The molecule has 94 valence electrons. The van der Waals surface area contributed by atoms with Gasteiger partial charge in [0, 0.05) is 20.0 Å². The van der Waals surface area contributed by atoms with Crippen molar-refractivity contribution in [1.82, 2.24) is 5.32 Å². The standard InChI is InChI=1S/C13H19NO3/c1-10(17-11(2)15)8-14-9-12-4-6-13(16-3)7-5-12/h4-7,10,14H,8-9H2,1-3H3. The summed E-state index contributed by atoms with van der Waals surface area (Å²) in [7, 11) is 1.65. The molecule has 4 heteroatoms. The summed E-state index contributed by atoms with van der Waals surface area (Å²) in [5.41, 5.74) is 1.17. The number of rotatable bonds is 6. The first-order valence-electron chi connectivity index (χ1n) is 5.62. The Bertz CT molecular complexity index is 348. The lowest BCUT2D eigenvalue weighted by atomic mass is 10.2. The van der Waals surface area contributed by atoms with Gasteiger partial charge in [0.05, 0.1) is 7.11 Å². The van der Waals surface area contributed by atoms with E-state index in [4.69, 9.17) is 9.47 Å². The highest BCUT2D eigenvalue weighted by molar-refractivity contribution is 5.66. The minimum atomic E-state index is -0.247. The molecule has 0 radical (unpaired) electrons. The van der Waals surface area contributed by atoms with Crippen molar-refractivity contribution < 1.29 is 14.3 Å². The summed E-state index contributed by atoms with van der Waals surface area (Å²) in [5, 5.41) is 3.23. The molecular formula is C13H19NO3. The van der Waals surface area contributed by atoms with Gasteiger partial charge in [-0.05, 0) is 24.6 Å². The van der Waals surface area contributed by atoms with Crippen LogP contribution in [-0.2, 0) is 16.1 Å². The molecular weight excluding hydrogens is 218 g/mol. The molecule has 0 spiro atoms. The maximum atomic E-state index is 10.7. The fourth-order valence-corrected chi connectivity index (χ4v) is 1.49. The molecule has 0 aliphatic carbocycles. The third-order valence-electron chi connectivity index (χ3n) is 2.29. The topological polar surface area (TPSA) is 47.6 Å². The van der Waals surface area contributed by atoms with Gasteiger partial charge in [-0.3, -0.25) is 4.79 Å². The van der Waals surface area contributed by atoms with Gasteiger partial charge in [-0.2, -0.15) is 0 Å². The molecule has 1 aromatic rings. The Balaban J connectivity index is 2.28. The Labute approximate surface area is 102 Å². The summed E-state index contributed by atoms with van der Waals surface area (Å²) in [6, 6.07) is 7.85. The Morgan fingerprint density at radius 2 is 2.00 bits per heavy atom. The second-order valence-corrected chi connectivity index (χ2v) is 3.90. The van der Waals surface area contributed by atoms with Crippen LogP contribution in [0.25, 0.3) is 0 Å². The Morgan fingerprint density at radius 1 is 1.35 bits per heavy atom. The highest BCUT2D eigenvalue weighted by Gasteiger charge is 2.04. The van der Waals surface area contributed by atoms with Gasteiger partial charge in [-0.15, -0.1) is 0 Å². The van der Waals surface area contributed by atoms with E-state index in [9.17, 15) is 4.79 Å². The van der Waals surface area contributed by atoms with Gasteiger partial charge < -0.3 is 14.8 Å². The number of nitrogens with one attached hydrogen (secondary N) is 1. The zero-order valence-electron chi connectivity index (χ0n) is 10.5. The van der Waals surface area contributed by atoms with E-state index in [1.165, 1.54) is 12.5 Å². The fraction of sp³-hybridized carbons (Fsp3) is 0.462. The Kier molecular flexibility index (Phi) is 5.49. The second kappa shape index (κ2) is 6.91. The number of methoxy groups -OCH3 is 1. The predicted molar refractivity (Wildman–Crippen MR) is 65.9 cm³/mol. The van der Waals surface area contributed by atoms with Crippen LogP contribution in [0.4, 0.5) is 0 Å². The summed E-state index contributed by atoms with van der Waals surface area (Å²) in [6.07, 6.45) is -0.106. The molecule has 0 aliphatic heterocycles. The van der Waals surface area contributed by atoms with E-state index in [2.05, 4.69) is 5.32 Å². The molecule has 0 saturated carbocycles. The summed E-state index contributed by atoms with van der Waals surface area (Å²) < 4.78 is 10.1.